The van der Waals surface area contributed by atoms with Gasteiger partial charge in [0.2, 0.25) is 0 Å². The molecular formula is C15H24N2. The highest BCUT2D eigenvalue weighted by molar-refractivity contribution is 5.35. The Hall–Kier alpha value is -1.12. The molecule has 0 radical (unpaired) electrons. The smallest absolute Gasteiger partial charge is 0.0499 e. The Morgan fingerprint density at radius 2 is 1.94 bits per heavy atom. The van der Waals surface area contributed by atoms with Crippen LogP contribution in [0.15, 0.2) is 36.4 Å². The second-order valence-corrected chi connectivity index (χ2v) is 5.72. The number of nitrogens with two attached hydrogens (primary N) is 1. The van der Waals surface area contributed by atoms with Gasteiger partial charge < -0.3 is 0 Å². The third kappa shape index (κ3) is 3.69. The summed E-state index contributed by atoms with van der Waals surface area (Å²) in [6.07, 6.45) is 0.865. The van der Waals surface area contributed by atoms with Crippen molar-refractivity contribution in [2.75, 3.05) is 0 Å². The van der Waals surface area contributed by atoms with Gasteiger partial charge in [0.15, 0.2) is 0 Å². The Morgan fingerprint density at radius 1 is 1.35 bits per heavy atom. The van der Waals surface area contributed by atoms with Crippen LogP contribution >= 0.6 is 0 Å². The fourth-order valence-electron chi connectivity index (χ4n) is 2.09. The van der Waals surface area contributed by atoms with Gasteiger partial charge in [-0.25, -0.2) is 0 Å². The van der Waals surface area contributed by atoms with E-state index in [0.29, 0.717) is 0 Å². The summed E-state index contributed by atoms with van der Waals surface area (Å²) in [7, 11) is 0. The Bertz CT molecular complexity index is 388. The zero-order valence-corrected chi connectivity index (χ0v) is 11.4. The van der Waals surface area contributed by atoms with Gasteiger partial charge in [-0.3, -0.25) is 11.3 Å². The van der Waals surface area contributed by atoms with E-state index in [-0.39, 0.29) is 11.5 Å². The van der Waals surface area contributed by atoms with E-state index in [0.717, 1.165) is 12.0 Å². The van der Waals surface area contributed by atoms with Crippen LogP contribution in [-0.4, -0.2) is 0 Å². The molecule has 0 heterocycles. The van der Waals surface area contributed by atoms with E-state index in [4.69, 9.17) is 5.84 Å². The monoisotopic (exact) mass is 232 g/mol. The minimum absolute atomic E-state index is 0.126. The number of rotatable bonds is 4. The maximum absolute atomic E-state index is 5.67. The Morgan fingerprint density at radius 3 is 2.41 bits per heavy atom. The van der Waals surface area contributed by atoms with Crippen LogP contribution < -0.4 is 11.3 Å². The molecule has 2 nitrogen and oxygen atoms in total. The molecule has 1 aromatic rings. The molecule has 0 spiro atoms. The van der Waals surface area contributed by atoms with E-state index in [9.17, 15) is 0 Å². The summed E-state index contributed by atoms with van der Waals surface area (Å²) in [5.41, 5.74) is 6.77. The summed E-state index contributed by atoms with van der Waals surface area (Å²) in [6, 6.07) is 8.61. The minimum Gasteiger partial charge on any atom is -0.271 e. The summed E-state index contributed by atoms with van der Waals surface area (Å²) in [5.74, 6) is 5.67. The molecule has 1 aromatic carbocycles. The quantitative estimate of drug-likeness (QED) is 0.474. The molecule has 0 aliphatic heterocycles. The molecule has 0 aliphatic rings. The van der Waals surface area contributed by atoms with Crippen molar-refractivity contribution in [2.24, 2.45) is 5.84 Å². The molecule has 0 amide bonds. The normalized spacial score (nSPS) is 13.5. The predicted molar refractivity (Wildman–Crippen MR) is 74.6 cm³/mol. The summed E-state index contributed by atoms with van der Waals surface area (Å²) >= 11 is 0. The molecule has 0 fully saturated rings. The van der Waals surface area contributed by atoms with E-state index < -0.39 is 0 Å². The van der Waals surface area contributed by atoms with Gasteiger partial charge in [-0.1, -0.05) is 50.6 Å². The average molecular weight is 232 g/mol. The van der Waals surface area contributed by atoms with Crippen molar-refractivity contribution in [3.8, 4) is 0 Å². The van der Waals surface area contributed by atoms with E-state index in [1.54, 1.807) is 0 Å². The molecule has 1 unspecified atom stereocenters. The van der Waals surface area contributed by atoms with Crippen LogP contribution in [0.5, 0.6) is 0 Å². The molecule has 1 atom stereocenters. The molecule has 0 saturated heterocycles. The fraction of sp³-hybridized carbons (Fsp3) is 0.467. The molecule has 94 valence electrons. The Kier molecular flexibility index (Phi) is 4.49. The summed E-state index contributed by atoms with van der Waals surface area (Å²) in [4.78, 5) is 0. The largest absolute Gasteiger partial charge is 0.271 e. The van der Waals surface area contributed by atoms with Gasteiger partial charge >= 0.3 is 0 Å². The standard InChI is InChI=1S/C15H24N2/c1-11(2)10-14(17-16)12-8-6-7-9-13(12)15(3,4)5/h6-9,14,17H,1,10,16H2,2-5H3. The van der Waals surface area contributed by atoms with Gasteiger partial charge in [0.1, 0.15) is 0 Å². The number of hydrazine groups is 1. The summed E-state index contributed by atoms with van der Waals surface area (Å²) < 4.78 is 0. The first-order chi connectivity index (χ1) is 7.86. The number of benzene rings is 1. The maximum Gasteiger partial charge on any atom is 0.0499 e. The van der Waals surface area contributed by atoms with Crippen molar-refractivity contribution in [2.45, 2.75) is 45.6 Å². The number of nitrogens with one attached hydrogen (secondary N) is 1. The van der Waals surface area contributed by atoms with Crippen LogP contribution in [0.3, 0.4) is 0 Å². The maximum atomic E-state index is 5.67. The van der Waals surface area contributed by atoms with Gasteiger partial charge in [-0.15, -0.1) is 6.58 Å². The molecule has 0 aliphatic carbocycles. The molecule has 17 heavy (non-hydrogen) atoms. The van der Waals surface area contributed by atoms with Crippen molar-refractivity contribution in [3.63, 3.8) is 0 Å². The first-order valence-corrected chi connectivity index (χ1v) is 6.06. The van der Waals surface area contributed by atoms with Gasteiger partial charge in [0, 0.05) is 6.04 Å². The van der Waals surface area contributed by atoms with Crippen LogP contribution in [0.4, 0.5) is 0 Å². The minimum atomic E-state index is 0.126. The zero-order chi connectivity index (χ0) is 13.1. The van der Waals surface area contributed by atoms with Crippen molar-refractivity contribution in [3.05, 3.63) is 47.5 Å². The lowest BCUT2D eigenvalue weighted by atomic mass is 9.81. The fourth-order valence-corrected chi connectivity index (χ4v) is 2.09. The van der Waals surface area contributed by atoms with E-state index in [1.807, 2.05) is 6.92 Å². The molecule has 0 aromatic heterocycles. The highest BCUT2D eigenvalue weighted by Crippen LogP contribution is 2.31. The highest BCUT2D eigenvalue weighted by atomic mass is 15.2. The first kappa shape index (κ1) is 13.9. The Labute approximate surface area is 105 Å². The van der Waals surface area contributed by atoms with Gasteiger partial charge in [0.25, 0.3) is 0 Å². The molecule has 0 bridgehead atoms. The van der Waals surface area contributed by atoms with E-state index in [2.05, 4.69) is 57.0 Å². The summed E-state index contributed by atoms with van der Waals surface area (Å²) in [6.45, 7) is 12.7. The zero-order valence-electron chi connectivity index (χ0n) is 11.4. The predicted octanol–water partition coefficient (Wildman–Crippen LogP) is 3.45. The first-order valence-electron chi connectivity index (χ1n) is 6.06. The van der Waals surface area contributed by atoms with Gasteiger partial charge in [-0.2, -0.15) is 0 Å². The third-order valence-corrected chi connectivity index (χ3v) is 2.90. The average Bonchev–Trinajstić information content (AvgIpc) is 2.24. The number of hydrogen-bond acceptors (Lipinski definition) is 2. The third-order valence-electron chi connectivity index (χ3n) is 2.90. The van der Waals surface area contributed by atoms with Crippen LogP contribution in [-0.2, 0) is 5.41 Å². The lowest BCUT2D eigenvalue weighted by Gasteiger charge is -2.27. The highest BCUT2D eigenvalue weighted by Gasteiger charge is 2.21. The van der Waals surface area contributed by atoms with Crippen LogP contribution in [0, 0.1) is 0 Å². The SMILES string of the molecule is C=C(C)CC(NN)c1ccccc1C(C)(C)C. The molecular weight excluding hydrogens is 208 g/mol. The second kappa shape index (κ2) is 5.48. The molecule has 3 N–H and O–H groups in total. The van der Waals surface area contributed by atoms with Gasteiger partial charge in [-0.05, 0) is 29.9 Å². The Balaban J connectivity index is 3.15. The van der Waals surface area contributed by atoms with Crippen molar-refractivity contribution >= 4 is 0 Å². The van der Waals surface area contributed by atoms with E-state index >= 15 is 0 Å². The van der Waals surface area contributed by atoms with Crippen molar-refractivity contribution in [1.29, 1.82) is 0 Å². The molecule has 2 heteroatoms. The van der Waals surface area contributed by atoms with Crippen LogP contribution in [0.25, 0.3) is 0 Å². The molecule has 1 rings (SSSR count). The topological polar surface area (TPSA) is 38.0 Å². The lowest BCUT2D eigenvalue weighted by Crippen LogP contribution is -2.30. The second-order valence-electron chi connectivity index (χ2n) is 5.72. The van der Waals surface area contributed by atoms with Crippen LogP contribution in [0.1, 0.15) is 51.3 Å². The lowest BCUT2D eigenvalue weighted by molar-refractivity contribution is 0.517. The van der Waals surface area contributed by atoms with Crippen LogP contribution in [0.2, 0.25) is 0 Å². The number of hydrogen-bond donors (Lipinski definition) is 2. The van der Waals surface area contributed by atoms with Gasteiger partial charge in [0.05, 0.1) is 0 Å². The summed E-state index contributed by atoms with van der Waals surface area (Å²) in [5, 5.41) is 0. The van der Waals surface area contributed by atoms with Crippen molar-refractivity contribution < 1.29 is 0 Å². The van der Waals surface area contributed by atoms with E-state index in [1.165, 1.54) is 11.1 Å². The molecule has 0 saturated carbocycles. The van der Waals surface area contributed by atoms with Crippen molar-refractivity contribution in [1.82, 2.24) is 5.43 Å².